The third-order valence-electron chi connectivity index (χ3n) is 3.77. The van der Waals surface area contributed by atoms with Crippen LogP contribution in [0.3, 0.4) is 0 Å². The van der Waals surface area contributed by atoms with Crippen molar-refractivity contribution in [2.75, 3.05) is 19.0 Å². The summed E-state index contributed by atoms with van der Waals surface area (Å²) < 4.78 is 41.4. The van der Waals surface area contributed by atoms with Crippen LogP contribution in [0.1, 0.15) is 17.1 Å². The second-order valence-electron chi connectivity index (χ2n) is 6.04. The molecule has 0 radical (unpaired) electrons. The number of halogens is 3. The Hall–Kier alpha value is -2.62. The zero-order valence-electron chi connectivity index (χ0n) is 15.1. The lowest BCUT2D eigenvalue weighted by Gasteiger charge is -2.15. The van der Waals surface area contributed by atoms with Crippen molar-refractivity contribution in [3.05, 3.63) is 47.4 Å². The SMILES string of the molecule is Cc1ccccc1-n1c(C)nnc1Sc1nc(N(C)C)cc(C(F)(F)F)n1. The van der Waals surface area contributed by atoms with Crippen LogP contribution in [0, 0.1) is 13.8 Å². The molecule has 2 heterocycles. The molecule has 6 nitrogen and oxygen atoms in total. The Morgan fingerprint density at radius 2 is 1.74 bits per heavy atom. The van der Waals surface area contributed by atoms with E-state index >= 15 is 0 Å². The molecule has 1 aromatic carbocycles. The molecule has 2 aromatic heterocycles. The maximum atomic E-state index is 13.2. The maximum Gasteiger partial charge on any atom is 0.433 e. The Morgan fingerprint density at radius 3 is 2.37 bits per heavy atom. The Morgan fingerprint density at radius 1 is 1.04 bits per heavy atom. The molecule has 10 heteroatoms. The van der Waals surface area contributed by atoms with Gasteiger partial charge in [-0.1, -0.05) is 18.2 Å². The van der Waals surface area contributed by atoms with Crippen LogP contribution in [0.15, 0.2) is 40.6 Å². The third-order valence-corrected chi connectivity index (χ3v) is 4.59. The van der Waals surface area contributed by atoms with Crippen LogP contribution in [-0.4, -0.2) is 38.8 Å². The van der Waals surface area contributed by atoms with Gasteiger partial charge in [0.15, 0.2) is 10.9 Å². The predicted molar refractivity (Wildman–Crippen MR) is 96.3 cm³/mol. The van der Waals surface area contributed by atoms with Crippen molar-refractivity contribution in [3.63, 3.8) is 0 Å². The van der Waals surface area contributed by atoms with E-state index < -0.39 is 11.9 Å². The van der Waals surface area contributed by atoms with Crippen LogP contribution < -0.4 is 4.90 Å². The zero-order chi connectivity index (χ0) is 19.8. The van der Waals surface area contributed by atoms with Crippen LogP contribution in [0.5, 0.6) is 0 Å². The van der Waals surface area contributed by atoms with Gasteiger partial charge < -0.3 is 4.90 Å². The van der Waals surface area contributed by atoms with E-state index in [0.29, 0.717) is 11.0 Å². The van der Waals surface area contributed by atoms with Gasteiger partial charge in [-0.25, -0.2) is 9.97 Å². The largest absolute Gasteiger partial charge is 0.433 e. The van der Waals surface area contributed by atoms with Crippen molar-refractivity contribution in [1.82, 2.24) is 24.7 Å². The summed E-state index contributed by atoms with van der Waals surface area (Å²) in [5.41, 5.74) is 0.839. The Kier molecular flexibility index (Phi) is 5.09. The van der Waals surface area contributed by atoms with Gasteiger partial charge in [-0.15, -0.1) is 10.2 Å². The highest BCUT2D eigenvalue weighted by Gasteiger charge is 2.34. The van der Waals surface area contributed by atoms with Gasteiger partial charge >= 0.3 is 6.18 Å². The molecule has 0 aliphatic carbocycles. The van der Waals surface area contributed by atoms with Crippen LogP contribution in [0.2, 0.25) is 0 Å². The number of rotatable bonds is 4. The lowest BCUT2D eigenvalue weighted by atomic mass is 10.2. The number of alkyl halides is 3. The fourth-order valence-electron chi connectivity index (χ4n) is 2.42. The van der Waals surface area contributed by atoms with Crippen LogP contribution in [-0.2, 0) is 6.18 Å². The second-order valence-corrected chi connectivity index (χ2v) is 6.97. The van der Waals surface area contributed by atoms with Gasteiger partial charge in [0.2, 0.25) is 5.16 Å². The fourth-order valence-corrected chi connectivity index (χ4v) is 3.27. The molecule has 142 valence electrons. The molecule has 3 aromatic rings. The van der Waals surface area contributed by atoms with Crippen LogP contribution in [0.4, 0.5) is 19.0 Å². The summed E-state index contributed by atoms with van der Waals surface area (Å²) in [6, 6.07) is 8.54. The number of anilines is 1. The number of hydrogen-bond acceptors (Lipinski definition) is 6. The zero-order valence-corrected chi connectivity index (χ0v) is 15.9. The van der Waals surface area contributed by atoms with Gasteiger partial charge in [0.05, 0.1) is 5.69 Å². The van der Waals surface area contributed by atoms with Gasteiger partial charge in [-0.2, -0.15) is 13.2 Å². The standard InChI is InChI=1S/C17H17F3N6S/c1-10-7-5-6-8-12(10)26-11(2)23-24-16(26)27-15-21-13(17(18,19)20)9-14(22-15)25(3)4/h5-9H,1-4H3. The molecule has 0 saturated heterocycles. The lowest BCUT2D eigenvalue weighted by Crippen LogP contribution is -2.16. The lowest BCUT2D eigenvalue weighted by molar-refractivity contribution is -0.141. The highest BCUT2D eigenvalue weighted by atomic mass is 32.2. The molecule has 0 aliphatic rings. The van der Waals surface area contributed by atoms with Gasteiger partial charge in [0.1, 0.15) is 11.6 Å². The molecule has 0 amide bonds. The first-order valence-corrected chi connectivity index (χ1v) is 8.78. The van der Waals surface area contributed by atoms with Crippen molar-refractivity contribution in [2.45, 2.75) is 30.3 Å². The fraction of sp³-hybridized carbons (Fsp3) is 0.294. The number of aryl methyl sites for hydroxylation is 2. The average Bonchev–Trinajstić information content (AvgIpc) is 2.94. The first-order valence-electron chi connectivity index (χ1n) is 7.96. The topological polar surface area (TPSA) is 59.7 Å². The molecular weight excluding hydrogens is 377 g/mol. The Labute approximate surface area is 158 Å². The summed E-state index contributed by atoms with van der Waals surface area (Å²) in [6.45, 7) is 3.72. The summed E-state index contributed by atoms with van der Waals surface area (Å²) in [6.07, 6.45) is -4.57. The van der Waals surface area contributed by atoms with E-state index in [9.17, 15) is 13.2 Å². The van der Waals surface area contributed by atoms with Crippen molar-refractivity contribution in [2.24, 2.45) is 0 Å². The number of benzene rings is 1. The number of aromatic nitrogens is 5. The van der Waals surface area contributed by atoms with Crippen molar-refractivity contribution >= 4 is 17.6 Å². The Balaban J connectivity index is 2.07. The van der Waals surface area contributed by atoms with Gasteiger partial charge in [-0.3, -0.25) is 4.57 Å². The molecular formula is C17H17F3N6S. The van der Waals surface area contributed by atoms with E-state index in [-0.39, 0.29) is 11.0 Å². The molecule has 0 unspecified atom stereocenters. The molecule has 3 rings (SSSR count). The smallest absolute Gasteiger partial charge is 0.363 e. The van der Waals surface area contributed by atoms with Crippen molar-refractivity contribution in [1.29, 1.82) is 0 Å². The Bertz CT molecular complexity index is 968. The molecule has 0 bridgehead atoms. The first-order chi connectivity index (χ1) is 12.7. The normalized spacial score (nSPS) is 11.7. The minimum Gasteiger partial charge on any atom is -0.363 e. The predicted octanol–water partition coefficient (Wildman–Crippen LogP) is 3.91. The maximum absolute atomic E-state index is 13.2. The molecule has 0 fully saturated rings. The van der Waals surface area contributed by atoms with Crippen molar-refractivity contribution < 1.29 is 13.2 Å². The van der Waals surface area contributed by atoms with Crippen molar-refractivity contribution in [3.8, 4) is 5.69 Å². The summed E-state index contributed by atoms with van der Waals surface area (Å²) >= 11 is 0.941. The summed E-state index contributed by atoms with van der Waals surface area (Å²) in [4.78, 5) is 9.37. The highest BCUT2D eigenvalue weighted by molar-refractivity contribution is 7.99. The quantitative estimate of drug-likeness (QED) is 0.626. The van der Waals surface area contributed by atoms with Gasteiger partial charge in [-0.05, 0) is 37.2 Å². The van der Waals surface area contributed by atoms with E-state index in [1.54, 1.807) is 25.6 Å². The highest BCUT2D eigenvalue weighted by Crippen LogP contribution is 2.33. The third kappa shape index (κ3) is 4.05. The molecule has 27 heavy (non-hydrogen) atoms. The molecule has 0 spiro atoms. The minimum atomic E-state index is -4.57. The summed E-state index contributed by atoms with van der Waals surface area (Å²) in [5, 5.41) is 8.51. The number of para-hydroxylation sites is 1. The monoisotopic (exact) mass is 394 g/mol. The van der Waals surface area contributed by atoms with E-state index in [1.165, 1.54) is 4.90 Å². The molecule has 0 atom stereocenters. The molecule has 0 saturated carbocycles. The van der Waals surface area contributed by atoms with Crippen LogP contribution >= 0.6 is 11.8 Å². The minimum absolute atomic E-state index is 0.0456. The molecule has 0 N–H and O–H groups in total. The van der Waals surface area contributed by atoms with E-state index in [2.05, 4.69) is 20.2 Å². The van der Waals surface area contributed by atoms with E-state index in [1.807, 2.05) is 31.2 Å². The number of hydrogen-bond donors (Lipinski definition) is 0. The summed E-state index contributed by atoms with van der Waals surface area (Å²) in [5.74, 6) is 0.783. The van der Waals surface area contributed by atoms with Gasteiger partial charge in [0.25, 0.3) is 0 Å². The number of nitrogens with zero attached hydrogens (tertiary/aromatic N) is 6. The second kappa shape index (κ2) is 7.18. The first kappa shape index (κ1) is 19.2. The van der Waals surface area contributed by atoms with E-state index in [4.69, 9.17) is 0 Å². The van der Waals surface area contributed by atoms with Gasteiger partial charge in [0, 0.05) is 20.2 Å². The van der Waals surface area contributed by atoms with Crippen LogP contribution in [0.25, 0.3) is 5.69 Å². The molecule has 0 aliphatic heterocycles. The van der Waals surface area contributed by atoms with E-state index in [0.717, 1.165) is 29.1 Å². The average molecular weight is 394 g/mol. The summed E-state index contributed by atoms with van der Waals surface area (Å²) in [7, 11) is 3.24.